The molecule has 0 amide bonds. The van der Waals surface area contributed by atoms with Crippen LogP contribution >= 0.6 is 0 Å². The quantitative estimate of drug-likeness (QED) is 0.896. The molecule has 0 spiro atoms. The zero-order valence-corrected chi connectivity index (χ0v) is 12.1. The molecule has 0 aromatic carbocycles. The molecule has 0 bridgehead atoms. The Kier molecular flexibility index (Phi) is 4.32. The van der Waals surface area contributed by atoms with Gasteiger partial charge in [-0.2, -0.15) is 5.10 Å². The van der Waals surface area contributed by atoms with Gasteiger partial charge in [-0.15, -0.1) is 0 Å². The highest BCUT2D eigenvalue weighted by Gasteiger charge is 2.18. The van der Waals surface area contributed by atoms with Crippen molar-refractivity contribution in [2.75, 3.05) is 6.54 Å². The van der Waals surface area contributed by atoms with E-state index in [0.717, 1.165) is 24.2 Å². The number of hydrogen-bond acceptors (Lipinski definition) is 3. The molecule has 4 nitrogen and oxygen atoms in total. The number of hydrogen-bond donors (Lipinski definition) is 1. The molecule has 102 valence electrons. The molecule has 0 saturated carbocycles. The second-order valence-corrected chi connectivity index (χ2v) is 5.05. The number of aryl methyl sites for hydroxylation is 3. The highest BCUT2D eigenvalue weighted by molar-refractivity contribution is 5.32. The van der Waals surface area contributed by atoms with Gasteiger partial charge in [0.05, 0.1) is 17.9 Å². The van der Waals surface area contributed by atoms with Crippen LogP contribution in [0.1, 0.15) is 41.8 Å². The van der Waals surface area contributed by atoms with Gasteiger partial charge in [0.1, 0.15) is 0 Å². The lowest BCUT2D eigenvalue weighted by atomic mass is 10.0. The van der Waals surface area contributed by atoms with Gasteiger partial charge in [0.15, 0.2) is 0 Å². The van der Waals surface area contributed by atoms with E-state index >= 15 is 0 Å². The minimum absolute atomic E-state index is 0.120. The Morgan fingerprint density at radius 1 is 1.32 bits per heavy atom. The number of rotatable bonds is 5. The van der Waals surface area contributed by atoms with Crippen molar-refractivity contribution in [2.45, 2.75) is 33.2 Å². The molecule has 0 aliphatic heterocycles. The summed E-state index contributed by atoms with van der Waals surface area (Å²) in [5.41, 5.74) is 4.67. The molecule has 0 fully saturated rings. The van der Waals surface area contributed by atoms with E-state index in [9.17, 15) is 0 Å². The molecular weight excluding hydrogens is 236 g/mol. The summed E-state index contributed by atoms with van der Waals surface area (Å²) in [6.45, 7) is 7.33. The van der Waals surface area contributed by atoms with Crippen LogP contribution in [0.15, 0.2) is 24.7 Å². The number of pyridine rings is 1. The van der Waals surface area contributed by atoms with Gasteiger partial charge in [-0.3, -0.25) is 9.67 Å². The zero-order valence-electron chi connectivity index (χ0n) is 12.1. The monoisotopic (exact) mass is 258 g/mol. The van der Waals surface area contributed by atoms with Gasteiger partial charge < -0.3 is 5.32 Å². The average molecular weight is 258 g/mol. The molecule has 1 N–H and O–H groups in total. The van der Waals surface area contributed by atoms with Crippen LogP contribution in [0, 0.1) is 13.8 Å². The van der Waals surface area contributed by atoms with Crippen molar-refractivity contribution in [2.24, 2.45) is 7.05 Å². The first kappa shape index (κ1) is 13.7. The van der Waals surface area contributed by atoms with Crippen LogP contribution in [0.4, 0.5) is 0 Å². The summed E-state index contributed by atoms with van der Waals surface area (Å²) in [6.07, 6.45) is 6.99. The fourth-order valence-corrected chi connectivity index (χ4v) is 2.28. The summed E-state index contributed by atoms with van der Waals surface area (Å²) in [6, 6.07) is 2.30. The third-order valence-electron chi connectivity index (χ3n) is 3.19. The Bertz CT molecular complexity index is 545. The Labute approximate surface area is 114 Å². The lowest BCUT2D eigenvalue weighted by molar-refractivity contribution is 0.583. The highest BCUT2D eigenvalue weighted by atomic mass is 15.2. The Morgan fingerprint density at radius 2 is 2.11 bits per heavy atom. The van der Waals surface area contributed by atoms with Crippen molar-refractivity contribution in [1.29, 1.82) is 0 Å². The van der Waals surface area contributed by atoms with Crippen molar-refractivity contribution in [3.05, 3.63) is 47.0 Å². The van der Waals surface area contributed by atoms with Crippen LogP contribution in [0.25, 0.3) is 0 Å². The maximum Gasteiger partial charge on any atom is 0.0784 e. The van der Waals surface area contributed by atoms with E-state index in [1.54, 1.807) is 0 Å². The second-order valence-electron chi connectivity index (χ2n) is 5.05. The van der Waals surface area contributed by atoms with Gasteiger partial charge >= 0.3 is 0 Å². The highest BCUT2D eigenvalue weighted by Crippen LogP contribution is 2.23. The predicted molar refractivity (Wildman–Crippen MR) is 77.1 cm³/mol. The maximum absolute atomic E-state index is 4.62. The normalized spacial score (nSPS) is 12.6. The molecule has 0 aliphatic rings. The van der Waals surface area contributed by atoms with Crippen LogP contribution in [0.2, 0.25) is 0 Å². The van der Waals surface area contributed by atoms with E-state index in [0.29, 0.717) is 0 Å². The molecule has 2 heterocycles. The Morgan fingerprint density at radius 3 is 2.68 bits per heavy atom. The summed E-state index contributed by atoms with van der Waals surface area (Å²) in [5, 5.41) is 7.83. The van der Waals surface area contributed by atoms with Gasteiger partial charge in [0.2, 0.25) is 0 Å². The van der Waals surface area contributed by atoms with Crippen molar-refractivity contribution in [3.8, 4) is 0 Å². The molecule has 1 atom stereocenters. The topological polar surface area (TPSA) is 42.7 Å². The van der Waals surface area contributed by atoms with Crippen molar-refractivity contribution in [3.63, 3.8) is 0 Å². The largest absolute Gasteiger partial charge is 0.305 e. The smallest absolute Gasteiger partial charge is 0.0784 e. The summed E-state index contributed by atoms with van der Waals surface area (Å²) in [5.74, 6) is 0. The SMILES string of the molecule is CCCNC(c1cnn(C)c1)c1ncc(C)cc1C. The molecule has 19 heavy (non-hydrogen) atoms. The van der Waals surface area contributed by atoms with Crippen molar-refractivity contribution >= 4 is 0 Å². The van der Waals surface area contributed by atoms with Gasteiger partial charge in [-0.25, -0.2) is 0 Å². The van der Waals surface area contributed by atoms with Crippen LogP contribution in [-0.4, -0.2) is 21.3 Å². The van der Waals surface area contributed by atoms with Crippen LogP contribution < -0.4 is 5.32 Å². The number of nitrogens with zero attached hydrogens (tertiary/aromatic N) is 3. The lowest BCUT2D eigenvalue weighted by Crippen LogP contribution is -2.24. The average Bonchev–Trinajstić information content (AvgIpc) is 2.78. The number of aromatic nitrogens is 3. The zero-order chi connectivity index (χ0) is 13.8. The summed E-state index contributed by atoms with van der Waals surface area (Å²) < 4.78 is 1.83. The fraction of sp³-hybridized carbons (Fsp3) is 0.467. The molecular formula is C15H22N4. The Balaban J connectivity index is 2.36. The molecule has 0 aliphatic carbocycles. The van der Waals surface area contributed by atoms with Gasteiger partial charge in [0.25, 0.3) is 0 Å². The molecule has 2 rings (SSSR count). The first-order valence-corrected chi connectivity index (χ1v) is 6.77. The number of nitrogens with one attached hydrogen (secondary N) is 1. The molecule has 0 saturated heterocycles. The molecule has 2 aromatic rings. The summed E-state index contributed by atoms with van der Waals surface area (Å²) in [4.78, 5) is 4.62. The lowest BCUT2D eigenvalue weighted by Gasteiger charge is -2.19. The van der Waals surface area contributed by atoms with E-state index < -0.39 is 0 Å². The van der Waals surface area contributed by atoms with E-state index in [1.807, 2.05) is 30.3 Å². The van der Waals surface area contributed by atoms with Crippen LogP contribution in [-0.2, 0) is 7.05 Å². The third kappa shape index (κ3) is 3.20. The van der Waals surface area contributed by atoms with Gasteiger partial charge in [-0.05, 0) is 37.9 Å². The maximum atomic E-state index is 4.62. The first-order valence-electron chi connectivity index (χ1n) is 6.77. The summed E-state index contributed by atoms with van der Waals surface area (Å²) in [7, 11) is 1.94. The minimum Gasteiger partial charge on any atom is -0.305 e. The second kappa shape index (κ2) is 5.97. The van der Waals surface area contributed by atoms with Crippen LogP contribution in [0.3, 0.4) is 0 Å². The Hall–Kier alpha value is -1.68. The molecule has 1 unspecified atom stereocenters. The fourth-order valence-electron chi connectivity index (χ4n) is 2.28. The molecule has 0 radical (unpaired) electrons. The predicted octanol–water partition coefficient (Wildman–Crippen LogP) is 2.52. The van der Waals surface area contributed by atoms with Gasteiger partial charge in [-0.1, -0.05) is 13.0 Å². The first-order chi connectivity index (χ1) is 9.11. The third-order valence-corrected chi connectivity index (χ3v) is 3.19. The van der Waals surface area contributed by atoms with E-state index in [1.165, 1.54) is 11.1 Å². The van der Waals surface area contributed by atoms with E-state index in [4.69, 9.17) is 0 Å². The summed E-state index contributed by atoms with van der Waals surface area (Å²) >= 11 is 0. The minimum atomic E-state index is 0.120. The van der Waals surface area contributed by atoms with E-state index in [2.05, 4.69) is 42.2 Å². The van der Waals surface area contributed by atoms with Gasteiger partial charge in [0, 0.05) is 25.0 Å². The van der Waals surface area contributed by atoms with Crippen molar-refractivity contribution < 1.29 is 0 Å². The van der Waals surface area contributed by atoms with E-state index in [-0.39, 0.29) is 6.04 Å². The molecule has 2 aromatic heterocycles. The van der Waals surface area contributed by atoms with Crippen LogP contribution in [0.5, 0.6) is 0 Å². The molecule has 4 heteroatoms. The standard InChI is InChI=1S/C15H22N4/c1-5-6-16-15(13-9-18-19(4)10-13)14-12(3)7-11(2)8-17-14/h7-10,15-16H,5-6H2,1-4H3. The van der Waals surface area contributed by atoms with Crippen molar-refractivity contribution in [1.82, 2.24) is 20.1 Å².